The number of rotatable bonds is 7. The van der Waals surface area contributed by atoms with Crippen LogP contribution in [0.25, 0.3) is 0 Å². The Morgan fingerprint density at radius 1 is 1.38 bits per heavy atom. The summed E-state index contributed by atoms with van der Waals surface area (Å²) in [6.45, 7) is -0.611. The highest BCUT2D eigenvalue weighted by Crippen LogP contribution is 2.24. The highest BCUT2D eigenvalue weighted by atomic mass is 32.2. The van der Waals surface area contributed by atoms with E-state index < -0.39 is 39.7 Å². The van der Waals surface area contributed by atoms with E-state index in [1.54, 1.807) is 0 Å². The summed E-state index contributed by atoms with van der Waals surface area (Å²) >= 11 is 0. The first-order valence-electron chi connectivity index (χ1n) is 5.66. The Kier molecular flexibility index (Phi) is 5.96. The molecule has 0 aliphatic heterocycles. The average Bonchev–Trinajstić information content (AvgIpc) is 2.36. The van der Waals surface area contributed by atoms with E-state index in [-0.39, 0.29) is 6.61 Å². The van der Waals surface area contributed by atoms with Crippen molar-refractivity contribution in [3.8, 4) is 5.75 Å². The fourth-order valence-corrected chi connectivity index (χ4v) is 2.70. The van der Waals surface area contributed by atoms with Crippen molar-refractivity contribution in [2.75, 3.05) is 20.3 Å². The minimum atomic E-state index is -4.92. The lowest BCUT2D eigenvalue weighted by atomic mass is 10.3. The fourth-order valence-electron chi connectivity index (χ4n) is 1.45. The van der Waals surface area contributed by atoms with Crippen LogP contribution in [-0.2, 0) is 14.8 Å². The molecule has 10 heteroatoms. The molecule has 0 aromatic heterocycles. The van der Waals surface area contributed by atoms with Gasteiger partial charge in [-0.3, -0.25) is 0 Å². The van der Waals surface area contributed by atoms with Crippen molar-refractivity contribution in [3.05, 3.63) is 24.3 Å². The van der Waals surface area contributed by atoms with Gasteiger partial charge in [0.2, 0.25) is 10.0 Å². The molecule has 1 atom stereocenters. The Morgan fingerprint density at radius 2 is 2.05 bits per heavy atom. The van der Waals surface area contributed by atoms with E-state index >= 15 is 0 Å². The van der Waals surface area contributed by atoms with Crippen molar-refractivity contribution in [1.29, 1.82) is 0 Å². The maximum Gasteiger partial charge on any atom is 0.573 e. The topological polar surface area (TPSA) is 84.9 Å². The summed E-state index contributed by atoms with van der Waals surface area (Å²) in [7, 11) is -2.79. The SMILES string of the molecule is COCC(CO)NS(=O)(=O)c1cccc(OC(F)(F)F)c1. The molecule has 0 aliphatic rings. The van der Waals surface area contributed by atoms with Gasteiger partial charge in [0.1, 0.15) is 5.75 Å². The zero-order valence-electron chi connectivity index (χ0n) is 10.9. The number of benzene rings is 1. The normalized spacial score (nSPS) is 14.0. The quantitative estimate of drug-likeness (QED) is 0.775. The number of hydrogen-bond donors (Lipinski definition) is 2. The number of methoxy groups -OCH3 is 1. The first-order valence-corrected chi connectivity index (χ1v) is 7.14. The van der Waals surface area contributed by atoms with E-state index in [2.05, 4.69) is 9.46 Å². The van der Waals surface area contributed by atoms with E-state index in [0.717, 1.165) is 24.3 Å². The lowest BCUT2D eigenvalue weighted by Gasteiger charge is -2.16. The molecule has 1 unspecified atom stereocenters. The third kappa shape index (κ3) is 5.87. The molecule has 120 valence electrons. The summed E-state index contributed by atoms with van der Waals surface area (Å²) in [6.07, 6.45) is -4.92. The van der Waals surface area contributed by atoms with E-state index in [9.17, 15) is 21.6 Å². The first-order chi connectivity index (χ1) is 9.68. The van der Waals surface area contributed by atoms with Gasteiger partial charge >= 0.3 is 6.36 Å². The van der Waals surface area contributed by atoms with Crippen LogP contribution in [0.15, 0.2) is 29.2 Å². The van der Waals surface area contributed by atoms with E-state index in [0.29, 0.717) is 0 Å². The van der Waals surface area contributed by atoms with Gasteiger partial charge in [0.05, 0.1) is 24.2 Å². The zero-order chi connectivity index (χ0) is 16.1. The van der Waals surface area contributed by atoms with Crippen molar-refractivity contribution in [1.82, 2.24) is 4.72 Å². The van der Waals surface area contributed by atoms with E-state index in [1.165, 1.54) is 7.11 Å². The number of sulfonamides is 1. The third-order valence-electron chi connectivity index (χ3n) is 2.26. The lowest BCUT2D eigenvalue weighted by molar-refractivity contribution is -0.274. The van der Waals surface area contributed by atoms with Crippen molar-refractivity contribution in [2.45, 2.75) is 17.3 Å². The maximum absolute atomic E-state index is 12.1. The van der Waals surface area contributed by atoms with E-state index in [1.807, 2.05) is 0 Å². The van der Waals surface area contributed by atoms with Gasteiger partial charge in [-0.05, 0) is 12.1 Å². The fraction of sp³-hybridized carbons (Fsp3) is 0.455. The predicted octanol–water partition coefficient (Wildman–Crippen LogP) is 0.871. The van der Waals surface area contributed by atoms with Crippen molar-refractivity contribution in [2.24, 2.45) is 0 Å². The van der Waals surface area contributed by atoms with Gasteiger partial charge in [0.15, 0.2) is 0 Å². The second-order valence-corrected chi connectivity index (χ2v) is 5.69. The van der Waals surface area contributed by atoms with Gasteiger partial charge in [-0.15, -0.1) is 13.2 Å². The van der Waals surface area contributed by atoms with Crippen molar-refractivity contribution >= 4 is 10.0 Å². The number of aliphatic hydroxyl groups excluding tert-OH is 1. The molecule has 21 heavy (non-hydrogen) atoms. The van der Waals surface area contributed by atoms with Crippen LogP contribution in [0, 0.1) is 0 Å². The molecule has 1 aromatic rings. The number of nitrogens with one attached hydrogen (secondary N) is 1. The molecule has 0 saturated carbocycles. The summed E-state index contributed by atoms with van der Waals surface area (Å²) in [5.74, 6) is -0.655. The minimum Gasteiger partial charge on any atom is -0.406 e. The van der Waals surface area contributed by atoms with Gasteiger partial charge in [-0.2, -0.15) is 0 Å². The largest absolute Gasteiger partial charge is 0.573 e. The lowest BCUT2D eigenvalue weighted by Crippen LogP contribution is -2.40. The summed E-state index contributed by atoms with van der Waals surface area (Å²) in [6, 6.07) is 3.02. The minimum absolute atomic E-state index is 0.0888. The summed E-state index contributed by atoms with van der Waals surface area (Å²) < 4.78 is 70.7. The molecule has 2 N–H and O–H groups in total. The molecular formula is C11H14F3NO5S. The number of aliphatic hydroxyl groups is 1. The summed E-state index contributed by atoms with van der Waals surface area (Å²) in [4.78, 5) is -0.418. The summed E-state index contributed by atoms with van der Waals surface area (Å²) in [5, 5.41) is 8.99. The smallest absolute Gasteiger partial charge is 0.406 e. The number of ether oxygens (including phenoxy) is 2. The van der Waals surface area contributed by atoms with Crippen LogP contribution in [0.1, 0.15) is 0 Å². The Hall–Kier alpha value is -1.36. The van der Waals surface area contributed by atoms with Gasteiger partial charge in [0, 0.05) is 13.2 Å². The molecule has 0 fully saturated rings. The Balaban J connectivity index is 2.95. The monoisotopic (exact) mass is 329 g/mol. The molecule has 0 radical (unpaired) electrons. The molecule has 0 saturated heterocycles. The van der Waals surface area contributed by atoms with E-state index in [4.69, 9.17) is 9.84 Å². The average molecular weight is 329 g/mol. The Labute approximate surface area is 119 Å². The standard InChI is InChI=1S/C11H14F3NO5S/c1-19-7-8(6-16)15-21(17,18)10-4-2-3-9(5-10)20-11(12,13)14/h2-5,8,15-16H,6-7H2,1H3. The molecule has 0 amide bonds. The molecule has 0 aliphatic carbocycles. The molecule has 0 bridgehead atoms. The van der Waals surface area contributed by atoms with Crippen molar-refractivity contribution in [3.63, 3.8) is 0 Å². The second-order valence-electron chi connectivity index (χ2n) is 3.98. The first kappa shape index (κ1) is 17.7. The van der Waals surface area contributed by atoms with Gasteiger partial charge in [-0.25, -0.2) is 13.1 Å². The van der Waals surface area contributed by atoms with Crippen LogP contribution in [0.5, 0.6) is 5.75 Å². The number of halogens is 3. The van der Waals surface area contributed by atoms with Gasteiger partial charge < -0.3 is 14.6 Å². The summed E-state index contributed by atoms with van der Waals surface area (Å²) in [5.41, 5.74) is 0. The van der Waals surface area contributed by atoms with Crippen LogP contribution in [0.4, 0.5) is 13.2 Å². The van der Waals surface area contributed by atoms with Crippen LogP contribution >= 0.6 is 0 Å². The Bertz CT molecular complexity index is 561. The molecular weight excluding hydrogens is 315 g/mol. The molecule has 6 nitrogen and oxygen atoms in total. The highest BCUT2D eigenvalue weighted by molar-refractivity contribution is 7.89. The van der Waals surface area contributed by atoms with Gasteiger partial charge in [0.25, 0.3) is 0 Å². The highest BCUT2D eigenvalue weighted by Gasteiger charge is 2.31. The molecule has 1 aromatic carbocycles. The van der Waals surface area contributed by atoms with Crippen LogP contribution in [0.2, 0.25) is 0 Å². The van der Waals surface area contributed by atoms with Crippen LogP contribution < -0.4 is 9.46 Å². The molecule has 0 spiro atoms. The third-order valence-corrected chi connectivity index (χ3v) is 3.78. The zero-order valence-corrected chi connectivity index (χ0v) is 11.7. The number of alkyl halides is 3. The number of hydrogen-bond acceptors (Lipinski definition) is 5. The second kappa shape index (κ2) is 7.07. The molecule has 1 rings (SSSR count). The van der Waals surface area contributed by atoms with Crippen LogP contribution in [0.3, 0.4) is 0 Å². The Morgan fingerprint density at radius 3 is 2.57 bits per heavy atom. The van der Waals surface area contributed by atoms with Gasteiger partial charge in [-0.1, -0.05) is 6.07 Å². The van der Waals surface area contributed by atoms with Crippen LogP contribution in [-0.4, -0.2) is 46.3 Å². The predicted molar refractivity (Wildman–Crippen MR) is 66.2 cm³/mol. The maximum atomic E-state index is 12.1. The molecule has 0 heterocycles. The van der Waals surface area contributed by atoms with Crippen molar-refractivity contribution < 1.29 is 36.2 Å².